The SMILES string of the molecule is CC(C)(C)c1ccc2c(c1)[C@@H]1c3ccccc3[C@@H]2[C@@H]2C(=O)N(c3ccc(N([O-])O)cc3)C(=O)[C@H]12. The fourth-order valence-corrected chi connectivity index (χ4v) is 6.18. The van der Waals surface area contributed by atoms with E-state index in [4.69, 9.17) is 5.21 Å². The highest BCUT2D eigenvalue weighted by atomic mass is 16.8. The van der Waals surface area contributed by atoms with Crippen molar-refractivity contribution in [2.24, 2.45) is 11.8 Å². The molecule has 4 atom stereocenters. The van der Waals surface area contributed by atoms with Crippen LogP contribution in [0.25, 0.3) is 0 Å². The molecule has 0 saturated carbocycles. The zero-order valence-corrected chi connectivity index (χ0v) is 19.2. The standard InChI is InChI=1S/C28H25N2O4/c1-28(2,3)15-8-13-20-21(14-15)23-19-7-5-4-6-18(19)22(20)24-25(23)27(32)29(26(24)31)16-9-11-17(12-10-16)30(33)34/h4-14,22-25,33H,1-3H3/q-1/t22-,23-,24-,25+/m0/s1. The smallest absolute Gasteiger partial charge is 0.238 e. The van der Waals surface area contributed by atoms with Gasteiger partial charge in [-0.25, -0.2) is 4.90 Å². The molecule has 3 aliphatic carbocycles. The Kier molecular flexibility index (Phi) is 4.35. The first kappa shape index (κ1) is 21.1. The number of carbonyl (C=O) groups excluding carboxylic acids is 2. The van der Waals surface area contributed by atoms with E-state index in [1.54, 1.807) is 0 Å². The molecule has 1 aliphatic heterocycles. The van der Waals surface area contributed by atoms with Crippen molar-refractivity contribution in [3.05, 3.63) is 99.8 Å². The third-order valence-corrected chi connectivity index (χ3v) is 7.73. The van der Waals surface area contributed by atoms with Crippen LogP contribution < -0.4 is 10.1 Å². The molecule has 0 unspecified atom stereocenters. The van der Waals surface area contributed by atoms with Gasteiger partial charge in [-0.05, 0) is 57.5 Å². The highest BCUT2D eigenvalue weighted by Crippen LogP contribution is 2.61. The zero-order valence-electron chi connectivity index (χ0n) is 19.2. The molecule has 2 bridgehead atoms. The lowest BCUT2D eigenvalue weighted by Crippen LogP contribution is -2.41. The Morgan fingerprint density at radius 2 is 1.32 bits per heavy atom. The molecule has 0 radical (unpaired) electrons. The van der Waals surface area contributed by atoms with Gasteiger partial charge in [-0.1, -0.05) is 63.2 Å². The van der Waals surface area contributed by atoms with Crippen molar-refractivity contribution >= 4 is 23.2 Å². The second kappa shape index (κ2) is 7.01. The summed E-state index contributed by atoms with van der Waals surface area (Å²) in [6.45, 7) is 6.53. The number of amides is 2. The topological polar surface area (TPSA) is 83.9 Å². The van der Waals surface area contributed by atoms with Crippen LogP contribution in [0.5, 0.6) is 0 Å². The summed E-state index contributed by atoms with van der Waals surface area (Å²) in [5.41, 5.74) is 6.18. The molecule has 3 aromatic rings. The summed E-state index contributed by atoms with van der Waals surface area (Å²) in [6, 6.07) is 20.6. The Morgan fingerprint density at radius 1 is 0.794 bits per heavy atom. The van der Waals surface area contributed by atoms with E-state index in [1.807, 2.05) is 12.1 Å². The summed E-state index contributed by atoms with van der Waals surface area (Å²) in [4.78, 5) is 28.9. The summed E-state index contributed by atoms with van der Waals surface area (Å²) in [5.74, 6) is -1.70. The monoisotopic (exact) mass is 453 g/mol. The van der Waals surface area contributed by atoms with E-state index >= 15 is 0 Å². The average Bonchev–Trinajstić information content (AvgIpc) is 3.08. The Labute approximate surface area is 198 Å². The molecule has 4 aliphatic rings. The summed E-state index contributed by atoms with van der Waals surface area (Å²) >= 11 is 0. The maximum atomic E-state index is 13.8. The summed E-state index contributed by atoms with van der Waals surface area (Å²) in [6.07, 6.45) is 0. The Balaban J connectivity index is 1.51. The molecule has 3 aromatic carbocycles. The van der Waals surface area contributed by atoms with Crippen molar-refractivity contribution in [1.29, 1.82) is 0 Å². The van der Waals surface area contributed by atoms with E-state index in [9.17, 15) is 14.8 Å². The first-order chi connectivity index (χ1) is 16.2. The van der Waals surface area contributed by atoms with E-state index in [-0.39, 0.29) is 40.0 Å². The molecule has 0 spiro atoms. The van der Waals surface area contributed by atoms with Crippen molar-refractivity contribution in [2.45, 2.75) is 38.0 Å². The van der Waals surface area contributed by atoms with Gasteiger partial charge in [0, 0.05) is 11.8 Å². The molecule has 1 fully saturated rings. The van der Waals surface area contributed by atoms with Crippen molar-refractivity contribution in [3.8, 4) is 0 Å². The van der Waals surface area contributed by atoms with E-state index in [1.165, 1.54) is 34.7 Å². The lowest BCUT2D eigenvalue weighted by atomic mass is 9.54. The molecule has 2 amide bonds. The van der Waals surface area contributed by atoms with Crippen LogP contribution in [0.4, 0.5) is 11.4 Å². The molecule has 172 valence electrons. The normalized spacial score (nSPS) is 24.7. The van der Waals surface area contributed by atoms with Crippen molar-refractivity contribution in [1.82, 2.24) is 0 Å². The maximum absolute atomic E-state index is 13.8. The van der Waals surface area contributed by atoms with Crippen LogP contribution in [0.15, 0.2) is 66.7 Å². The fraction of sp³-hybridized carbons (Fsp3) is 0.286. The minimum absolute atomic E-state index is 0.0317. The molecule has 6 heteroatoms. The predicted molar refractivity (Wildman–Crippen MR) is 129 cm³/mol. The molecule has 6 nitrogen and oxygen atoms in total. The van der Waals surface area contributed by atoms with Gasteiger partial charge in [-0.3, -0.25) is 14.8 Å². The molecule has 1 heterocycles. The highest BCUT2D eigenvalue weighted by molar-refractivity contribution is 6.23. The largest absolute Gasteiger partial charge is 0.733 e. The van der Waals surface area contributed by atoms with Crippen molar-refractivity contribution in [2.75, 3.05) is 10.1 Å². The fourth-order valence-electron chi connectivity index (χ4n) is 6.18. The van der Waals surface area contributed by atoms with Crippen LogP contribution in [0.1, 0.15) is 60.4 Å². The number of imide groups is 1. The Hall–Kier alpha value is -3.48. The first-order valence-electron chi connectivity index (χ1n) is 11.6. The minimum Gasteiger partial charge on any atom is -0.733 e. The van der Waals surface area contributed by atoms with Gasteiger partial charge in [0.05, 0.1) is 23.2 Å². The number of anilines is 2. The molecule has 7 rings (SSSR count). The number of hydrogen-bond donors (Lipinski definition) is 1. The van der Waals surface area contributed by atoms with E-state index in [2.05, 4.69) is 51.1 Å². The third-order valence-electron chi connectivity index (χ3n) is 7.73. The number of carbonyl (C=O) groups is 2. The van der Waals surface area contributed by atoms with E-state index < -0.39 is 11.8 Å². The Bertz CT molecular complexity index is 1340. The van der Waals surface area contributed by atoms with Gasteiger partial charge < -0.3 is 10.4 Å². The molecule has 1 saturated heterocycles. The number of benzene rings is 3. The number of rotatable bonds is 2. The lowest BCUT2D eigenvalue weighted by molar-refractivity contribution is -0.122. The van der Waals surface area contributed by atoms with Crippen molar-refractivity contribution < 1.29 is 14.8 Å². The summed E-state index contributed by atoms with van der Waals surface area (Å²) in [5, 5.41) is 20.1. The number of nitrogens with zero attached hydrogens (tertiary/aromatic N) is 2. The second-order valence-corrected chi connectivity index (χ2v) is 10.5. The molecule has 0 aromatic heterocycles. The van der Waals surface area contributed by atoms with E-state index in [0.29, 0.717) is 5.69 Å². The zero-order chi connectivity index (χ0) is 23.9. The molecular weight excluding hydrogens is 428 g/mol. The van der Waals surface area contributed by atoms with Crippen LogP contribution in [-0.4, -0.2) is 17.0 Å². The quantitative estimate of drug-likeness (QED) is 0.432. The van der Waals surface area contributed by atoms with Crippen LogP contribution in [0.2, 0.25) is 0 Å². The molecule has 1 N–H and O–H groups in total. The van der Waals surface area contributed by atoms with Gasteiger partial charge in [0.15, 0.2) is 0 Å². The predicted octanol–water partition coefficient (Wildman–Crippen LogP) is 5.07. The van der Waals surface area contributed by atoms with Gasteiger partial charge in [-0.2, -0.15) is 0 Å². The van der Waals surface area contributed by atoms with Crippen LogP contribution >= 0.6 is 0 Å². The van der Waals surface area contributed by atoms with Crippen LogP contribution in [0.3, 0.4) is 0 Å². The first-order valence-corrected chi connectivity index (χ1v) is 11.6. The van der Waals surface area contributed by atoms with Gasteiger partial charge in [-0.15, -0.1) is 0 Å². The van der Waals surface area contributed by atoms with Crippen LogP contribution in [-0.2, 0) is 15.0 Å². The van der Waals surface area contributed by atoms with Gasteiger partial charge in [0.2, 0.25) is 11.8 Å². The van der Waals surface area contributed by atoms with Crippen LogP contribution in [0, 0.1) is 17.0 Å². The third kappa shape index (κ3) is 2.76. The van der Waals surface area contributed by atoms with Gasteiger partial charge >= 0.3 is 0 Å². The second-order valence-electron chi connectivity index (χ2n) is 10.5. The minimum atomic E-state index is -0.469. The molecule has 34 heavy (non-hydrogen) atoms. The molecular formula is C28H25N2O4-. The van der Waals surface area contributed by atoms with Crippen molar-refractivity contribution in [3.63, 3.8) is 0 Å². The summed E-state index contributed by atoms with van der Waals surface area (Å²) < 4.78 is 0. The van der Waals surface area contributed by atoms with Gasteiger partial charge in [0.25, 0.3) is 0 Å². The van der Waals surface area contributed by atoms with E-state index in [0.717, 1.165) is 22.3 Å². The lowest BCUT2D eigenvalue weighted by Gasteiger charge is -2.46. The maximum Gasteiger partial charge on any atom is 0.238 e. The van der Waals surface area contributed by atoms with Gasteiger partial charge in [0.1, 0.15) is 0 Å². The average molecular weight is 454 g/mol. The highest BCUT2D eigenvalue weighted by Gasteiger charge is 2.61. The number of hydrogen-bond acceptors (Lipinski definition) is 5. The Morgan fingerprint density at radius 3 is 1.85 bits per heavy atom. The summed E-state index contributed by atoms with van der Waals surface area (Å²) in [7, 11) is 0.